The van der Waals surface area contributed by atoms with Gasteiger partial charge in [0.2, 0.25) is 5.91 Å². The predicted molar refractivity (Wildman–Crippen MR) is 134 cm³/mol. The lowest BCUT2D eigenvalue weighted by molar-refractivity contribution is -0.137. The Morgan fingerprint density at radius 3 is 2.24 bits per heavy atom. The molecule has 0 bridgehead atoms. The van der Waals surface area contributed by atoms with E-state index in [4.69, 9.17) is 10.7 Å². The van der Waals surface area contributed by atoms with E-state index >= 15 is 0 Å². The number of carbonyl (C=O) groups is 1. The molecule has 0 aliphatic carbocycles. The van der Waals surface area contributed by atoms with Gasteiger partial charge in [0.1, 0.15) is 5.52 Å². The summed E-state index contributed by atoms with van der Waals surface area (Å²) in [4.78, 5) is 25.3. The quantitative estimate of drug-likeness (QED) is 0.316. The molecule has 5 rings (SSSR count). The van der Waals surface area contributed by atoms with E-state index < -0.39 is 17.6 Å². The van der Waals surface area contributed by atoms with E-state index in [9.17, 15) is 18.0 Å². The standard InChI is InChI=1S/C27H21F3N6O/c28-27(29,30)21-12-6-18(7-13-21)15-36-16-33-22-25(32-14-17-4-2-1-3-5-17)34-24(35-26(22)36)20-10-8-19(9-11-20)23(31)37/h1-13,16H,14-15H2,(H2,31,37)(H,32,34,35). The fraction of sp³-hybridized carbons (Fsp3) is 0.111. The van der Waals surface area contributed by atoms with Crippen LogP contribution in [0.25, 0.3) is 22.6 Å². The molecular weight excluding hydrogens is 481 g/mol. The molecule has 0 saturated carbocycles. The number of rotatable bonds is 7. The van der Waals surface area contributed by atoms with Crippen LogP contribution in [-0.4, -0.2) is 25.4 Å². The first-order valence-electron chi connectivity index (χ1n) is 11.3. The van der Waals surface area contributed by atoms with Crippen LogP contribution in [0, 0.1) is 0 Å². The lowest BCUT2D eigenvalue weighted by Gasteiger charge is -2.11. The van der Waals surface area contributed by atoms with Crippen LogP contribution in [0.15, 0.2) is 85.2 Å². The summed E-state index contributed by atoms with van der Waals surface area (Å²) in [5.41, 5.74) is 8.43. The largest absolute Gasteiger partial charge is 0.416 e. The van der Waals surface area contributed by atoms with Gasteiger partial charge in [-0.05, 0) is 35.4 Å². The van der Waals surface area contributed by atoms with Gasteiger partial charge in [0.15, 0.2) is 17.3 Å². The second-order valence-corrected chi connectivity index (χ2v) is 8.42. The highest BCUT2D eigenvalue weighted by Gasteiger charge is 2.30. The molecule has 2 heterocycles. The Morgan fingerprint density at radius 2 is 1.59 bits per heavy atom. The summed E-state index contributed by atoms with van der Waals surface area (Å²) in [6, 6.07) is 21.4. The molecule has 0 aliphatic rings. The number of fused-ring (bicyclic) bond motifs is 1. The zero-order valence-electron chi connectivity index (χ0n) is 19.4. The van der Waals surface area contributed by atoms with E-state index in [-0.39, 0.29) is 6.54 Å². The molecule has 0 unspecified atom stereocenters. The number of anilines is 1. The number of hydrogen-bond acceptors (Lipinski definition) is 5. The number of halogens is 3. The van der Waals surface area contributed by atoms with Gasteiger partial charge in [0, 0.05) is 17.7 Å². The Labute approximate surface area is 209 Å². The SMILES string of the molecule is NC(=O)c1ccc(-c2nc(NCc3ccccc3)c3ncn(Cc4ccc(C(F)(F)F)cc4)c3n2)cc1. The van der Waals surface area contributed by atoms with E-state index in [2.05, 4.69) is 15.3 Å². The third-order valence-electron chi connectivity index (χ3n) is 5.83. The number of amides is 1. The van der Waals surface area contributed by atoms with Crippen LogP contribution in [0.3, 0.4) is 0 Å². The summed E-state index contributed by atoms with van der Waals surface area (Å²) in [5, 5.41) is 3.32. The third kappa shape index (κ3) is 5.27. The Bertz CT molecular complexity index is 1550. The van der Waals surface area contributed by atoms with Crippen molar-refractivity contribution in [2.75, 3.05) is 5.32 Å². The highest BCUT2D eigenvalue weighted by Crippen LogP contribution is 2.30. The Morgan fingerprint density at radius 1 is 0.892 bits per heavy atom. The van der Waals surface area contributed by atoms with Crippen molar-refractivity contribution in [3.63, 3.8) is 0 Å². The molecule has 0 atom stereocenters. The highest BCUT2D eigenvalue weighted by molar-refractivity contribution is 5.93. The predicted octanol–water partition coefficient (Wildman–Crippen LogP) is 5.27. The molecule has 1 amide bonds. The lowest BCUT2D eigenvalue weighted by atomic mass is 10.1. The van der Waals surface area contributed by atoms with Crippen molar-refractivity contribution in [1.82, 2.24) is 19.5 Å². The Hall–Kier alpha value is -4.73. The van der Waals surface area contributed by atoms with Crippen LogP contribution in [-0.2, 0) is 19.3 Å². The van der Waals surface area contributed by atoms with E-state index in [1.807, 2.05) is 30.3 Å². The van der Waals surface area contributed by atoms with Crippen molar-refractivity contribution < 1.29 is 18.0 Å². The molecule has 10 heteroatoms. The van der Waals surface area contributed by atoms with Crippen LogP contribution >= 0.6 is 0 Å². The van der Waals surface area contributed by atoms with Gasteiger partial charge in [0.25, 0.3) is 0 Å². The summed E-state index contributed by atoms with van der Waals surface area (Å²) in [7, 11) is 0. The molecule has 186 valence electrons. The molecule has 0 saturated heterocycles. The first kappa shape index (κ1) is 24.0. The zero-order valence-corrected chi connectivity index (χ0v) is 19.4. The smallest absolute Gasteiger partial charge is 0.366 e. The molecule has 0 radical (unpaired) electrons. The summed E-state index contributed by atoms with van der Waals surface area (Å²) in [6.07, 6.45) is -2.81. The number of nitrogens with one attached hydrogen (secondary N) is 1. The maximum absolute atomic E-state index is 13.0. The van der Waals surface area contributed by atoms with Crippen LogP contribution in [0.1, 0.15) is 27.0 Å². The number of benzene rings is 3. The average Bonchev–Trinajstić information content (AvgIpc) is 3.30. The lowest BCUT2D eigenvalue weighted by Crippen LogP contribution is -2.10. The van der Waals surface area contributed by atoms with Crippen molar-refractivity contribution in [3.8, 4) is 11.4 Å². The number of alkyl halides is 3. The van der Waals surface area contributed by atoms with Crippen molar-refractivity contribution in [3.05, 3.63) is 107 Å². The summed E-state index contributed by atoms with van der Waals surface area (Å²) >= 11 is 0. The van der Waals surface area contributed by atoms with Crippen LogP contribution in [0.4, 0.5) is 19.0 Å². The first-order valence-corrected chi connectivity index (χ1v) is 11.3. The monoisotopic (exact) mass is 502 g/mol. The maximum Gasteiger partial charge on any atom is 0.416 e. The minimum Gasteiger partial charge on any atom is -0.366 e. The molecular formula is C27H21F3N6O. The van der Waals surface area contributed by atoms with Crippen molar-refractivity contribution in [1.29, 1.82) is 0 Å². The van der Waals surface area contributed by atoms with Gasteiger partial charge < -0.3 is 15.6 Å². The van der Waals surface area contributed by atoms with Gasteiger partial charge >= 0.3 is 6.18 Å². The second-order valence-electron chi connectivity index (χ2n) is 8.42. The maximum atomic E-state index is 13.0. The molecule has 3 N–H and O–H groups in total. The van der Waals surface area contributed by atoms with Gasteiger partial charge in [-0.1, -0.05) is 54.6 Å². The van der Waals surface area contributed by atoms with E-state index in [1.54, 1.807) is 35.2 Å². The number of primary amides is 1. The average molecular weight is 503 g/mol. The third-order valence-corrected chi connectivity index (χ3v) is 5.83. The highest BCUT2D eigenvalue weighted by atomic mass is 19.4. The molecule has 3 aromatic carbocycles. The Balaban J connectivity index is 1.53. The van der Waals surface area contributed by atoms with Crippen molar-refractivity contribution in [2.45, 2.75) is 19.3 Å². The minimum absolute atomic E-state index is 0.268. The van der Waals surface area contributed by atoms with E-state index in [0.717, 1.165) is 17.7 Å². The van der Waals surface area contributed by atoms with E-state index in [0.29, 0.717) is 46.0 Å². The molecule has 37 heavy (non-hydrogen) atoms. The number of nitrogens with zero attached hydrogens (tertiary/aromatic N) is 4. The fourth-order valence-corrected chi connectivity index (χ4v) is 3.87. The number of aromatic nitrogens is 4. The molecule has 7 nitrogen and oxygen atoms in total. The molecule has 2 aromatic heterocycles. The van der Waals surface area contributed by atoms with Gasteiger partial charge in [-0.15, -0.1) is 0 Å². The van der Waals surface area contributed by atoms with Crippen molar-refractivity contribution in [2.24, 2.45) is 5.73 Å². The fourth-order valence-electron chi connectivity index (χ4n) is 3.87. The summed E-state index contributed by atoms with van der Waals surface area (Å²) in [6.45, 7) is 0.766. The van der Waals surface area contributed by atoms with Gasteiger partial charge in [-0.3, -0.25) is 4.79 Å². The first-order chi connectivity index (χ1) is 17.8. The van der Waals surface area contributed by atoms with Gasteiger partial charge in [-0.2, -0.15) is 13.2 Å². The van der Waals surface area contributed by atoms with E-state index in [1.165, 1.54) is 12.1 Å². The van der Waals surface area contributed by atoms with Crippen LogP contribution in [0.5, 0.6) is 0 Å². The zero-order chi connectivity index (χ0) is 26.0. The molecule has 5 aromatic rings. The summed E-state index contributed by atoms with van der Waals surface area (Å²) in [5.74, 6) is 0.366. The topological polar surface area (TPSA) is 98.7 Å². The van der Waals surface area contributed by atoms with Crippen molar-refractivity contribution >= 4 is 22.9 Å². The number of nitrogens with two attached hydrogens (primary N) is 1. The minimum atomic E-state index is -4.40. The van der Waals surface area contributed by atoms with Gasteiger partial charge in [-0.25, -0.2) is 15.0 Å². The molecule has 0 aliphatic heterocycles. The van der Waals surface area contributed by atoms with Gasteiger partial charge in [0.05, 0.1) is 18.4 Å². The number of carbonyl (C=O) groups excluding carboxylic acids is 1. The number of imidazole rings is 1. The second kappa shape index (κ2) is 9.73. The Kier molecular flexibility index (Phi) is 6.31. The summed E-state index contributed by atoms with van der Waals surface area (Å²) < 4.78 is 40.6. The molecule has 0 fully saturated rings. The number of hydrogen-bond donors (Lipinski definition) is 2. The molecule has 0 spiro atoms. The normalized spacial score (nSPS) is 11.5. The van der Waals surface area contributed by atoms with Crippen LogP contribution in [0.2, 0.25) is 0 Å². The van der Waals surface area contributed by atoms with Crippen LogP contribution < -0.4 is 11.1 Å².